The molecule has 0 spiro atoms. The molecule has 4 N–H and O–H groups in total. The Morgan fingerprint density at radius 3 is 2.82 bits per heavy atom. The van der Waals surface area contributed by atoms with E-state index < -0.39 is 24.0 Å². The molecule has 0 aliphatic carbocycles. The standard InChI is InChI=1S/C9H11N3O4S/c10-9-11-5(3-17-9)7(14)12-2-4(13)1-6(12)8(15)16/h3-4,6,13H,1-2H2,(H2,10,11)(H,15,16)/t4-,6+/m1/s1. The summed E-state index contributed by atoms with van der Waals surface area (Å²) in [6.07, 6.45) is -0.767. The lowest BCUT2D eigenvalue weighted by molar-refractivity contribution is -0.141. The first kappa shape index (κ1) is 11.8. The number of aliphatic carboxylic acids is 1. The Kier molecular flexibility index (Phi) is 2.99. The van der Waals surface area contributed by atoms with Crippen molar-refractivity contribution in [3.63, 3.8) is 0 Å². The van der Waals surface area contributed by atoms with E-state index in [-0.39, 0.29) is 23.8 Å². The number of nitrogens with two attached hydrogens (primary N) is 1. The molecule has 7 nitrogen and oxygen atoms in total. The predicted molar refractivity (Wildman–Crippen MR) is 59.6 cm³/mol. The van der Waals surface area contributed by atoms with Crippen LogP contribution in [0.2, 0.25) is 0 Å². The lowest BCUT2D eigenvalue weighted by Gasteiger charge is -2.19. The number of carboxylic acid groups (broad SMARTS) is 1. The largest absolute Gasteiger partial charge is 0.480 e. The number of rotatable bonds is 2. The molecule has 8 heteroatoms. The molecule has 0 unspecified atom stereocenters. The number of anilines is 1. The molecule has 0 radical (unpaired) electrons. The number of aliphatic hydroxyl groups excluding tert-OH is 1. The number of carbonyl (C=O) groups excluding carboxylic acids is 1. The molecule has 1 aromatic heterocycles. The Balaban J connectivity index is 2.21. The highest BCUT2D eigenvalue weighted by Crippen LogP contribution is 2.22. The normalized spacial score (nSPS) is 23.9. The smallest absolute Gasteiger partial charge is 0.326 e. The second kappa shape index (κ2) is 4.30. The maximum absolute atomic E-state index is 12.0. The van der Waals surface area contributed by atoms with E-state index in [1.165, 1.54) is 5.38 Å². The number of nitrogen functional groups attached to an aromatic ring is 1. The SMILES string of the molecule is Nc1nc(C(=O)N2C[C@H](O)C[C@H]2C(=O)O)cs1. The highest BCUT2D eigenvalue weighted by atomic mass is 32.1. The third-order valence-electron chi connectivity index (χ3n) is 2.57. The fraction of sp³-hybridized carbons (Fsp3) is 0.444. The van der Waals surface area contributed by atoms with Crippen molar-refractivity contribution < 1.29 is 19.8 Å². The number of carbonyl (C=O) groups is 2. The number of hydrogen-bond donors (Lipinski definition) is 3. The lowest BCUT2D eigenvalue weighted by atomic mass is 10.2. The number of aliphatic hydroxyl groups is 1. The number of thiazole rings is 1. The average molecular weight is 257 g/mol. The molecule has 1 aromatic rings. The van der Waals surface area contributed by atoms with E-state index in [4.69, 9.17) is 10.8 Å². The minimum absolute atomic E-state index is 0.00717. The first-order valence-electron chi connectivity index (χ1n) is 4.92. The quantitative estimate of drug-likeness (QED) is 0.650. The fourth-order valence-electron chi connectivity index (χ4n) is 1.81. The molecule has 92 valence electrons. The Morgan fingerprint density at radius 1 is 1.59 bits per heavy atom. The Hall–Kier alpha value is -1.67. The van der Waals surface area contributed by atoms with E-state index in [1.54, 1.807) is 0 Å². The fourth-order valence-corrected chi connectivity index (χ4v) is 2.34. The topological polar surface area (TPSA) is 117 Å². The highest BCUT2D eigenvalue weighted by molar-refractivity contribution is 7.13. The first-order valence-corrected chi connectivity index (χ1v) is 5.80. The summed E-state index contributed by atoms with van der Waals surface area (Å²) in [5.41, 5.74) is 5.53. The van der Waals surface area contributed by atoms with Crippen LogP contribution >= 0.6 is 11.3 Å². The Morgan fingerprint density at radius 2 is 2.29 bits per heavy atom. The summed E-state index contributed by atoms with van der Waals surface area (Å²) in [5, 5.41) is 20.1. The van der Waals surface area contributed by atoms with Gasteiger partial charge in [-0.3, -0.25) is 4.79 Å². The van der Waals surface area contributed by atoms with Crippen LogP contribution in [0.1, 0.15) is 16.9 Å². The summed E-state index contributed by atoms with van der Waals surface area (Å²) in [7, 11) is 0. The van der Waals surface area contributed by atoms with Crippen molar-refractivity contribution in [1.82, 2.24) is 9.88 Å². The summed E-state index contributed by atoms with van der Waals surface area (Å²) < 4.78 is 0. The van der Waals surface area contributed by atoms with Gasteiger partial charge >= 0.3 is 5.97 Å². The number of likely N-dealkylation sites (tertiary alicyclic amines) is 1. The third-order valence-corrected chi connectivity index (χ3v) is 3.24. The minimum Gasteiger partial charge on any atom is -0.480 e. The number of aromatic nitrogens is 1. The zero-order valence-corrected chi connectivity index (χ0v) is 9.55. The van der Waals surface area contributed by atoms with Crippen molar-refractivity contribution in [2.45, 2.75) is 18.6 Å². The van der Waals surface area contributed by atoms with Crippen molar-refractivity contribution in [2.24, 2.45) is 0 Å². The van der Waals surface area contributed by atoms with Gasteiger partial charge in [-0.1, -0.05) is 0 Å². The number of β-amino-alcohol motifs (C(OH)–C–C–N with tert-alkyl or cyclic N) is 1. The third kappa shape index (κ3) is 2.22. The number of hydrogen-bond acceptors (Lipinski definition) is 6. The van der Waals surface area contributed by atoms with E-state index in [0.717, 1.165) is 16.2 Å². The molecular weight excluding hydrogens is 246 g/mol. The molecule has 0 bridgehead atoms. The molecule has 1 amide bonds. The Labute approximate surface area is 100 Å². The van der Waals surface area contributed by atoms with Gasteiger partial charge in [0, 0.05) is 18.3 Å². The summed E-state index contributed by atoms with van der Waals surface area (Å²) in [4.78, 5) is 27.8. The molecule has 0 aromatic carbocycles. The molecule has 1 aliphatic heterocycles. The van der Waals surface area contributed by atoms with Crippen LogP contribution in [0.25, 0.3) is 0 Å². The van der Waals surface area contributed by atoms with Crippen LogP contribution in [0.5, 0.6) is 0 Å². The van der Waals surface area contributed by atoms with Crippen molar-refractivity contribution in [3.8, 4) is 0 Å². The van der Waals surface area contributed by atoms with Crippen LogP contribution in [0.3, 0.4) is 0 Å². The van der Waals surface area contributed by atoms with Gasteiger partial charge < -0.3 is 20.8 Å². The molecule has 17 heavy (non-hydrogen) atoms. The van der Waals surface area contributed by atoms with Crippen LogP contribution in [-0.4, -0.2) is 50.7 Å². The van der Waals surface area contributed by atoms with Gasteiger partial charge in [0.05, 0.1) is 6.10 Å². The van der Waals surface area contributed by atoms with Crippen molar-refractivity contribution in [3.05, 3.63) is 11.1 Å². The van der Waals surface area contributed by atoms with E-state index in [0.29, 0.717) is 0 Å². The summed E-state index contributed by atoms with van der Waals surface area (Å²) >= 11 is 1.11. The number of carboxylic acids is 1. The highest BCUT2D eigenvalue weighted by Gasteiger charge is 2.39. The summed E-state index contributed by atoms with van der Waals surface area (Å²) in [6, 6.07) is -1.000. The van der Waals surface area contributed by atoms with Gasteiger partial charge in [-0.05, 0) is 0 Å². The van der Waals surface area contributed by atoms with Crippen LogP contribution in [0.15, 0.2) is 5.38 Å². The average Bonchev–Trinajstić information content (AvgIpc) is 2.83. The minimum atomic E-state index is -1.13. The summed E-state index contributed by atoms with van der Waals surface area (Å²) in [5.74, 6) is -1.64. The number of nitrogens with zero attached hydrogens (tertiary/aromatic N) is 2. The lowest BCUT2D eigenvalue weighted by Crippen LogP contribution is -2.40. The van der Waals surface area contributed by atoms with Gasteiger partial charge in [0.15, 0.2) is 5.13 Å². The van der Waals surface area contributed by atoms with Crippen LogP contribution in [0.4, 0.5) is 5.13 Å². The van der Waals surface area contributed by atoms with Gasteiger partial charge in [0.2, 0.25) is 0 Å². The van der Waals surface area contributed by atoms with E-state index in [1.807, 2.05) is 0 Å². The van der Waals surface area contributed by atoms with Crippen LogP contribution in [0, 0.1) is 0 Å². The second-order valence-electron chi connectivity index (χ2n) is 3.77. The Bertz CT molecular complexity index is 461. The zero-order chi connectivity index (χ0) is 12.6. The first-order chi connectivity index (χ1) is 7.99. The maximum Gasteiger partial charge on any atom is 0.326 e. The predicted octanol–water partition coefficient (Wildman–Crippen LogP) is -0.615. The van der Waals surface area contributed by atoms with Crippen LogP contribution < -0.4 is 5.73 Å². The van der Waals surface area contributed by atoms with Crippen molar-refractivity contribution in [1.29, 1.82) is 0 Å². The second-order valence-corrected chi connectivity index (χ2v) is 4.66. The molecule has 1 saturated heterocycles. The molecule has 1 fully saturated rings. The van der Waals surface area contributed by atoms with Gasteiger partial charge in [-0.25, -0.2) is 9.78 Å². The monoisotopic (exact) mass is 257 g/mol. The summed E-state index contributed by atoms with van der Waals surface area (Å²) in [6.45, 7) is 0.00717. The van der Waals surface area contributed by atoms with Crippen molar-refractivity contribution in [2.75, 3.05) is 12.3 Å². The van der Waals surface area contributed by atoms with Gasteiger partial charge in [-0.15, -0.1) is 11.3 Å². The van der Waals surface area contributed by atoms with Gasteiger partial charge in [0.25, 0.3) is 5.91 Å². The molecule has 2 heterocycles. The molecule has 1 aliphatic rings. The molecular formula is C9H11N3O4S. The van der Waals surface area contributed by atoms with Crippen LogP contribution in [-0.2, 0) is 4.79 Å². The van der Waals surface area contributed by atoms with Crippen molar-refractivity contribution >= 4 is 28.3 Å². The zero-order valence-electron chi connectivity index (χ0n) is 8.74. The van der Waals surface area contributed by atoms with E-state index >= 15 is 0 Å². The van der Waals surface area contributed by atoms with E-state index in [9.17, 15) is 14.7 Å². The molecule has 2 rings (SSSR count). The molecule has 0 saturated carbocycles. The molecule has 2 atom stereocenters. The van der Waals surface area contributed by atoms with Gasteiger partial charge in [0.1, 0.15) is 11.7 Å². The van der Waals surface area contributed by atoms with E-state index in [2.05, 4.69) is 4.98 Å². The maximum atomic E-state index is 12.0. The number of amides is 1. The van der Waals surface area contributed by atoms with Gasteiger partial charge in [-0.2, -0.15) is 0 Å².